The molecule has 2 rings (SSSR count). The molecule has 1 amide bonds. The quantitative estimate of drug-likeness (QED) is 0.354. The number of aliphatic imine (C=N–C) groups is 1. The zero-order valence-electron chi connectivity index (χ0n) is 7.16. The Balaban J connectivity index is 2.26. The molecule has 0 aromatic carbocycles. The minimum absolute atomic E-state index is 0.155. The molecule has 0 radical (unpaired) electrons. The maximum atomic E-state index is 11.4. The van der Waals surface area contributed by atoms with E-state index in [9.17, 15) is 4.79 Å². The largest absolute Gasteiger partial charge is 0.370 e. The van der Waals surface area contributed by atoms with Crippen molar-refractivity contribution in [2.75, 3.05) is 0 Å². The molecule has 6 nitrogen and oxygen atoms in total. The first kappa shape index (κ1) is 8.06. The predicted molar refractivity (Wildman–Crippen MR) is 47.4 cm³/mol. The summed E-state index contributed by atoms with van der Waals surface area (Å²) >= 11 is 0. The average molecular weight is 181 g/mol. The minimum atomic E-state index is -0.545. The lowest BCUT2D eigenvalue weighted by Crippen LogP contribution is -2.68. The van der Waals surface area contributed by atoms with Crippen LogP contribution in [0.3, 0.4) is 0 Å². The zero-order chi connectivity index (χ0) is 9.42. The number of carbonyl (C=O) groups is 1. The first-order valence-electron chi connectivity index (χ1n) is 4.00. The molecule has 2 heterocycles. The van der Waals surface area contributed by atoms with Gasteiger partial charge in [0.2, 0.25) is 0 Å². The van der Waals surface area contributed by atoms with Crippen molar-refractivity contribution in [1.82, 2.24) is 16.0 Å². The third-order valence-corrected chi connectivity index (χ3v) is 1.91. The minimum Gasteiger partial charge on any atom is -0.370 e. The molecule has 0 aromatic rings. The Bertz CT molecular complexity index is 308. The van der Waals surface area contributed by atoms with E-state index in [2.05, 4.69) is 20.9 Å². The summed E-state index contributed by atoms with van der Waals surface area (Å²) in [5.41, 5.74) is 6.36. The second-order valence-corrected chi connectivity index (χ2v) is 3.03. The van der Waals surface area contributed by atoms with Crippen LogP contribution in [-0.4, -0.2) is 24.1 Å². The summed E-state index contributed by atoms with van der Waals surface area (Å²) < 4.78 is 0. The van der Waals surface area contributed by atoms with Gasteiger partial charge in [-0.15, -0.1) is 0 Å². The number of carbonyl (C=O) groups excluding carboxylic acids is 1. The van der Waals surface area contributed by atoms with E-state index in [1.165, 1.54) is 0 Å². The number of rotatable bonds is 0. The number of fused-ring (bicyclic) bond motifs is 1. The highest BCUT2D eigenvalue weighted by Gasteiger charge is 2.32. The first-order chi connectivity index (χ1) is 6.16. The average Bonchev–Trinajstić information content (AvgIpc) is 2.06. The van der Waals surface area contributed by atoms with Gasteiger partial charge in [-0.2, -0.15) is 0 Å². The van der Waals surface area contributed by atoms with Crippen molar-refractivity contribution >= 4 is 11.7 Å². The number of amides is 1. The van der Waals surface area contributed by atoms with Crippen molar-refractivity contribution in [3.63, 3.8) is 0 Å². The molecule has 2 aliphatic rings. The monoisotopic (exact) mass is 181 g/mol. The van der Waals surface area contributed by atoms with E-state index in [1.54, 1.807) is 6.20 Å². The van der Waals surface area contributed by atoms with Crippen LogP contribution >= 0.6 is 0 Å². The summed E-state index contributed by atoms with van der Waals surface area (Å²) in [5, 5.41) is 8.40. The van der Waals surface area contributed by atoms with E-state index >= 15 is 0 Å². The zero-order valence-corrected chi connectivity index (χ0v) is 7.16. The van der Waals surface area contributed by atoms with Crippen molar-refractivity contribution in [2.24, 2.45) is 10.7 Å². The van der Waals surface area contributed by atoms with Crippen LogP contribution in [0.15, 0.2) is 16.9 Å². The Morgan fingerprint density at radius 1 is 1.46 bits per heavy atom. The third-order valence-electron chi connectivity index (χ3n) is 1.91. The van der Waals surface area contributed by atoms with Gasteiger partial charge in [0.1, 0.15) is 5.84 Å². The highest BCUT2D eigenvalue weighted by atomic mass is 16.2. The number of nitrogens with zero attached hydrogens (tertiary/aromatic N) is 1. The second-order valence-electron chi connectivity index (χ2n) is 3.03. The maximum Gasteiger partial charge on any atom is 0.252 e. The summed E-state index contributed by atoms with van der Waals surface area (Å²) in [5.74, 6) is 0.416. The van der Waals surface area contributed by atoms with Crippen LogP contribution in [0.1, 0.15) is 6.92 Å². The van der Waals surface area contributed by atoms with Crippen LogP contribution in [0.4, 0.5) is 0 Å². The molecule has 0 aromatic heterocycles. The van der Waals surface area contributed by atoms with Crippen LogP contribution < -0.4 is 21.7 Å². The Labute approximate surface area is 75.3 Å². The van der Waals surface area contributed by atoms with Crippen LogP contribution in [0, 0.1) is 0 Å². The lowest BCUT2D eigenvalue weighted by atomic mass is 10.1. The molecule has 0 aliphatic carbocycles. The van der Waals surface area contributed by atoms with Crippen LogP contribution in [0.25, 0.3) is 0 Å². The second kappa shape index (κ2) is 2.74. The van der Waals surface area contributed by atoms with E-state index in [-0.39, 0.29) is 5.91 Å². The van der Waals surface area contributed by atoms with Gasteiger partial charge in [0.05, 0.1) is 0 Å². The fraction of sp³-hybridized carbons (Fsp3) is 0.429. The van der Waals surface area contributed by atoms with Crippen molar-refractivity contribution < 1.29 is 4.79 Å². The number of hydrogen-bond acceptors (Lipinski definition) is 5. The summed E-state index contributed by atoms with van der Waals surface area (Å²) in [7, 11) is 0. The molecule has 0 bridgehead atoms. The van der Waals surface area contributed by atoms with E-state index in [0.29, 0.717) is 5.84 Å². The van der Waals surface area contributed by atoms with Crippen molar-refractivity contribution in [3.05, 3.63) is 11.9 Å². The van der Waals surface area contributed by atoms with Gasteiger partial charge in [-0.25, -0.2) is 4.99 Å². The Kier molecular flexibility index (Phi) is 1.70. The van der Waals surface area contributed by atoms with Gasteiger partial charge >= 0.3 is 0 Å². The number of amidine groups is 1. The third kappa shape index (κ3) is 1.35. The molecule has 0 spiro atoms. The summed E-state index contributed by atoms with van der Waals surface area (Å²) in [6, 6.07) is -0.426. The predicted octanol–water partition coefficient (Wildman–Crippen LogP) is -1.82. The number of allylic oxidation sites excluding steroid dienone is 1. The van der Waals surface area contributed by atoms with E-state index in [4.69, 9.17) is 5.73 Å². The lowest BCUT2D eigenvalue weighted by molar-refractivity contribution is -0.123. The molecular weight excluding hydrogens is 170 g/mol. The lowest BCUT2D eigenvalue weighted by Gasteiger charge is -2.32. The number of nitrogens with one attached hydrogen (secondary N) is 3. The van der Waals surface area contributed by atoms with Gasteiger partial charge < -0.3 is 16.0 Å². The number of hydrogen-bond donors (Lipinski definition) is 4. The van der Waals surface area contributed by atoms with E-state index in [1.807, 2.05) is 6.92 Å². The van der Waals surface area contributed by atoms with Crippen molar-refractivity contribution in [2.45, 2.75) is 19.3 Å². The van der Waals surface area contributed by atoms with Crippen molar-refractivity contribution in [1.29, 1.82) is 0 Å². The highest BCUT2D eigenvalue weighted by molar-refractivity contribution is 6.09. The van der Waals surface area contributed by atoms with Gasteiger partial charge in [0.15, 0.2) is 12.3 Å². The Morgan fingerprint density at radius 3 is 3.00 bits per heavy atom. The van der Waals surface area contributed by atoms with Crippen LogP contribution in [0.5, 0.6) is 0 Å². The standard InChI is InChI=1S/C7H11N5O/c1-3-2-9-5-4(10-3)6(13)12-7(8)11-5/h2,4,7,10H,8H2,1H3,(H,9,11)(H,12,13). The van der Waals surface area contributed by atoms with Gasteiger partial charge in [-0.3, -0.25) is 10.5 Å². The van der Waals surface area contributed by atoms with E-state index < -0.39 is 12.3 Å². The molecule has 5 N–H and O–H groups in total. The molecule has 13 heavy (non-hydrogen) atoms. The SMILES string of the molecule is CC1=CN=C2NC(N)NC(=O)C2N1. The first-order valence-corrected chi connectivity index (χ1v) is 4.00. The van der Waals surface area contributed by atoms with Crippen LogP contribution in [-0.2, 0) is 4.79 Å². The summed E-state index contributed by atoms with van der Waals surface area (Å²) in [6.07, 6.45) is 1.11. The molecular formula is C7H11N5O. The Hall–Kier alpha value is -1.56. The van der Waals surface area contributed by atoms with Gasteiger partial charge in [-0.05, 0) is 6.92 Å². The Morgan fingerprint density at radius 2 is 2.23 bits per heavy atom. The smallest absolute Gasteiger partial charge is 0.252 e. The molecule has 6 heteroatoms. The van der Waals surface area contributed by atoms with Crippen LogP contribution in [0.2, 0.25) is 0 Å². The molecule has 0 saturated carbocycles. The summed E-state index contributed by atoms with van der Waals surface area (Å²) in [6.45, 7) is 1.85. The maximum absolute atomic E-state index is 11.4. The highest BCUT2D eigenvalue weighted by Crippen LogP contribution is 2.04. The fourth-order valence-corrected chi connectivity index (χ4v) is 1.32. The molecule has 70 valence electrons. The fourth-order valence-electron chi connectivity index (χ4n) is 1.32. The molecule has 1 fully saturated rings. The van der Waals surface area contributed by atoms with Crippen molar-refractivity contribution in [3.8, 4) is 0 Å². The topological polar surface area (TPSA) is 91.5 Å². The van der Waals surface area contributed by atoms with Gasteiger partial charge in [-0.1, -0.05) is 0 Å². The molecule has 1 saturated heterocycles. The van der Waals surface area contributed by atoms with Gasteiger partial charge in [0.25, 0.3) is 5.91 Å². The normalized spacial score (nSPS) is 31.7. The summed E-state index contributed by atoms with van der Waals surface area (Å²) in [4.78, 5) is 15.5. The van der Waals surface area contributed by atoms with E-state index in [0.717, 1.165) is 5.70 Å². The molecule has 2 atom stereocenters. The molecule has 2 aliphatic heterocycles. The molecule has 2 unspecified atom stereocenters. The van der Waals surface area contributed by atoms with Gasteiger partial charge in [0, 0.05) is 11.9 Å². The number of nitrogens with two attached hydrogens (primary N) is 1.